The lowest BCUT2D eigenvalue weighted by atomic mass is 9.54. The third-order valence-electron chi connectivity index (χ3n) is 6.84. The predicted molar refractivity (Wildman–Crippen MR) is 100 cm³/mol. The van der Waals surface area contributed by atoms with E-state index >= 15 is 0 Å². The largest absolute Gasteiger partial charge is 0.378 e. The molecule has 3 N–H and O–H groups in total. The summed E-state index contributed by atoms with van der Waals surface area (Å²) in [6.07, 6.45) is 4.81. The minimum atomic E-state index is -0.907. The van der Waals surface area contributed by atoms with Gasteiger partial charge in [-0.2, -0.15) is 0 Å². The Labute approximate surface area is 155 Å². The average molecular weight is 362 g/mol. The fourth-order valence-electron chi connectivity index (χ4n) is 4.65. The number of amides is 1. The monoisotopic (exact) mass is 362 g/mol. The predicted octanol–water partition coefficient (Wildman–Crippen LogP) is 3.29. The zero-order valence-corrected chi connectivity index (χ0v) is 16.1. The van der Waals surface area contributed by atoms with E-state index in [1.165, 1.54) is 12.1 Å². The summed E-state index contributed by atoms with van der Waals surface area (Å²) in [6.45, 7) is 7.13. The van der Waals surface area contributed by atoms with Crippen LogP contribution in [0.25, 0.3) is 0 Å². The molecule has 1 aromatic rings. The Balaban J connectivity index is 1.70. The quantitative estimate of drug-likeness (QED) is 0.816. The number of halogens is 1. The van der Waals surface area contributed by atoms with Crippen LogP contribution in [-0.2, 0) is 14.9 Å². The molecule has 1 amide bonds. The second-order valence-electron chi connectivity index (χ2n) is 8.52. The SMILES string of the molecule is CCOC1CC(N)(C(=O)NCC2(c3ccc(F)cc3)CCCC2)C1(C)C. The van der Waals surface area contributed by atoms with Crippen LogP contribution < -0.4 is 11.1 Å². The summed E-state index contributed by atoms with van der Waals surface area (Å²) in [5.74, 6) is -0.336. The molecule has 5 heteroatoms. The molecule has 2 unspecified atom stereocenters. The van der Waals surface area contributed by atoms with Crippen molar-refractivity contribution in [3.8, 4) is 0 Å². The van der Waals surface area contributed by atoms with Crippen LogP contribution >= 0.6 is 0 Å². The fraction of sp³-hybridized carbons (Fsp3) is 0.667. The molecule has 0 aliphatic heterocycles. The van der Waals surface area contributed by atoms with E-state index < -0.39 is 11.0 Å². The molecular weight excluding hydrogens is 331 g/mol. The number of nitrogens with two attached hydrogens (primary N) is 1. The Hall–Kier alpha value is -1.46. The molecule has 0 spiro atoms. The third kappa shape index (κ3) is 3.05. The first-order chi connectivity index (χ1) is 12.2. The Morgan fingerprint density at radius 3 is 2.42 bits per heavy atom. The lowest BCUT2D eigenvalue weighted by Gasteiger charge is -2.57. The summed E-state index contributed by atoms with van der Waals surface area (Å²) in [5, 5.41) is 3.13. The van der Waals surface area contributed by atoms with E-state index in [4.69, 9.17) is 10.5 Å². The molecule has 2 aliphatic carbocycles. The van der Waals surface area contributed by atoms with Gasteiger partial charge in [-0.1, -0.05) is 38.8 Å². The molecule has 0 aromatic heterocycles. The summed E-state index contributed by atoms with van der Waals surface area (Å²) in [4.78, 5) is 12.9. The number of ether oxygens (including phenoxy) is 1. The van der Waals surface area contributed by atoms with Gasteiger partial charge in [0.25, 0.3) is 0 Å². The molecule has 4 nitrogen and oxygen atoms in total. The van der Waals surface area contributed by atoms with Crippen molar-refractivity contribution in [2.45, 2.75) is 69.9 Å². The zero-order chi connectivity index (χ0) is 19.0. The molecule has 1 aromatic carbocycles. The van der Waals surface area contributed by atoms with Gasteiger partial charge in [0.15, 0.2) is 0 Å². The highest BCUT2D eigenvalue weighted by Gasteiger charge is 2.63. The summed E-state index contributed by atoms with van der Waals surface area (Å²) in [6, 6.07) is 6.71. The van der Waals surface area contributed by atoms with Crippen LogP contribution in [-0.4, -0.2) is 30.7 Å². The molecule has 2 fully saturated rings. The van der Waals surface area contributed by atoms with Crippen molar-refractivity contribution >= 4 is 5.91 Å². The maximum absolute atomic E-state index is 13.3. The van der Waals surface area contributed by atoms with Crippen molar-refractivity contribution < 1.29 is 13.9 Å². The molecule has 2 atom stereocenters. The van der Waals surface area contributed by atoms with Gasteiger partial charge in [-0.25, -0.2) is 4.39 Å². The molecule has 0 heterocycles. The summed E-state index contributed by atoms with van der Waals surface area (Å²) in [7, 11) is 0. The first kappa shape index (κ1) is 19.3. The number of nitrogens with one attached hydrogen (secondary N) is 1. The van der Waals surface area contributed by atoms with Crippen molar-refractivity contribution in [3.63, 3.8) is 0 Å². The average Bonchev–Trinajstić information content (AvgIpc) is 3.10. The lowest BCUT2D eigenvalue weighted by molar-refractivity contribution is -0.170. The number of hydrogen-bond acceptors (Lipinski definition) is 3. The smallest absolute Gasteiger partial charge is 0.240 e. The van der Waals surface area contributed by atoms with Crippen molar-refractivity contribution in [2.24, 2.45) is 11.1 Å². The van der Waals surface area contributed by atoms with Gasteiger partial charge in [0.1, 0.15) is 11.4 Å². The normalized spacial score (nSPS) is 29.2. The van der Waals surface area contributed by atoms with E-state index in [9.17, 15) is 9.18 Å². The van der Waals surface area contributed by atoms with Gasteiger partial charge >= 0.3 is 0 Å². The third-order valence-corrected chi connectivity index (χ3v) is 6.84. The van der Waals surface area contributed by atoms with E-state index in [-0.39, 0.29) is 23.2 Å². The lowest BCUT2D eigenvalue weighted by Crippen LogP contribution is -2.76. The van der Waals surface area contributed by atoms with Gasteiger partial charge in [0.2, 0.25) is 5.91 Å². The molecule has 3 rings (SSSR count). The minimum absolute atomic E-state index is 0.0146. The molecule has 0 saturated heterocycles. The number of benzene rings is 1. The standard InChI is InChI=1S/C21H31FN2O2/c1-4-26-17-13-21(23,19(17,2)3)18(25)24-14-20(11-5-6-12-20)15-7-9-16(22)10-8-15/h7-10,17H,4-6,11-14,23H2,1-3H3,(H,24,25). The van der Waals surface area contributed by atoms with Gasteiger partial charge in [0.05, 0.1) is 6.10 Å². The van der Waals surface area contributed by atoms with Crippen molar-refractivity contribution in [1.82, 2.24) is 5.32 Å². The van der Waals surface area contributed by atoms with Gasteiger partial charge < -0.3 is 15.8 Å². The highest BCUT2D eigenvalue weighted by molar-refractivity contribution is 5.88. The topological polar surface area (TPSA) is 64.3 Å². The van der Waals surface area contributed by atoms with E-state index in [0.717, 1.165) is 31.2 Å². The minimum Gasteiger partial charge on any atom is -0.378 e. The van der Waals surface area contributed by atoms with Crippen LogP contribution in [0.2, 0.25) is 0 Å². The van der Waals surface area contributed by atoms with Crippen molar-refractivity contribution in [2.75, 3.05) is 13.2 Å². The Morgan fingerprint density at radius 1 is 1.27 bits per heavy atom. The highest BCUT2D eigenvalue weighted by atomic mass is 19.1. The molecule has 26 heavy (non-hydrogen) atoms. The molecule has 2 aliphatic rings. The van der Waals surface area contributed by atoms with Gasteiger partial charge in [-0.3, -0.25) is 4.79 Å². The second-order valence-corrected chi connectivity index (χ2v) is 8.52. The maximum Gasteiger partial charge on any atom is 0.240 e. The molecule has 0 bridgehead atoms. The Kier molecular flexibility index (Phi) is 5.15. The summed E-state index contributed by atoms with van der Waals surface area (Å²) >= 11 is 0. The number of hydrogen-bond donors (Lipinski definition) is 2. The van der Waals surface area contributed by atoms with Crippen LogP contribution in [0.15, 0.2) is 24.3 Å². The van der Waals surface area contributed by atoms with E-state index in [1.807, 2.05) is 32.9 Å². The summed E-state index contributed by atoms with van der Waals surface area (Å²) < 4.78 is 19.0. The van der Waals surface area contributed by atoms with E-state index in [2.05, 4.69) is 5.32 Å². The molecule has 0 radical (unpaired) electrons. The number of carbonyl (C=O) groups excluding carboxylic acids is 1. The van der Waals surface area contributed by atoms with E-state index in [1.54, 1.807) is 0 Å². The van der Waals surface area contributed by atoms with Crippen LogP contribution in [0.4, 0.5) is 4.39 Å². The molecular formula is C21H31FN2O2. The van der Waals surface area contributed by atoms with Crippen molar-refractivity contribution in [1.29, 1.82) is 0 Å². The first-order valence-corrected chi connectivity index (χ1v) is 9.70. The van der Waals surface area contributed by atoms with Gasteiger partial charge in [0, 0.05) is 30.4 Å². The number of carbonyl (C=O) groups is 1. The van der Waals surface area contributed by atoms with Crippen LogP contribution in [0, 0.1) is 11.2 Å². The zero-order valence-electron chi connectivity index (χ0n) is 16.1. The van der Waals surface area contributed by atoms with Crippen LogP contribution in [0.3, 0.4) is 0 Å². The number of rotatable bonds is 6. The Bertz CT molecular complexity index is 652. The van der Waals surface area contributed by atoms with Crippen molar-refractivity contribution in [3.05, 3.63) is 35.6 Å². The molecule has 144 valence electrons. The fourth-order valence-corrected chi connectivity index (χ4v) is 4.65. The summed E-state index contributed by atoms with van der Waals surface area (Å²) in [5.41, 5.74) is 6.17. The van der Waals surface area contributed by atoms with E-state index in [0.29, 0.717) is 19.6 Å². The van der Waals surface area contributed by atoms with Gasteiger partial charge in [-0.05, 0) is 37.5 Å². The Morgan fingerprint density at radius 2 is 1.88 bits per heavy atom. The van der Waals surface area contributed by atoms with Crippen LogP contribution in [0.5, 0.6) is 0 Å². The highest BCUT2D eigenvalue weighted by Crippen LogP contribution is 2.50. The van der Waals surface area contributed by atoms with Gasteiger partial charge in [-0.15, -0.1) is 0 Å². The molecule has 2 saturated carbocycles. The maximum atomic E-state index is 13.3. The second kappa shape index (κ2) is 6.93. The van der Waals surface area contributed by atoms with Crippen LogP contribution in [0.1, 0.15) is 58.4 Å². The first-order valence-electron chi connectivity index (χ1n) is 9.70.